The average molecular weight is 987 g/mol. The fraction of sp³-hybridized carbons (Fsp3) is 0.294. The van der Waals surface area contributed by atoms with Gasteiger partial charge in [-0.3, -0.25) is 10.1 Å². The quantitative estimate of drug-likeness (QED) is 0.101. The third-order valence-electron chi connectivity index (χ3n) is 2.21. The van der Waals surface area contributed by atoms with Crippen molar-refractivity contribution >= 4 is 85.4 Å². The maximum atomic E-state index is 10.8. The summed E-state index contributed by atoms with van der Waals surface area (Å²) in [6.45, 7) is 9.68. The fourth-order valence-corrected chi connectivity index (χ4v) is 2.42. The number of benzene rings is 2. The smallest absolute Gasteiger partial charge is 2.00 e. The van der Waals surface area contributed by atoms with E-state index in [2.05, 4.69) is 72.1 Å². The van der Waals surface area contributed by atoms with E-state index in [0.717, 1.165) is 0 Å². The van der Waals surface area contributed by atoms with E-state index in [9.17, 15) is 18.5 Å². The Morgan fingerprint density at radius 1 is 1.00 bits per heavy atom. The summed E-state index contributed by atoms with van der Waals surface area (Å²) in [5.74, 6) is 0. The number of hydrogen-bond donors (Lipinski definition) is 0. The van der Waals surface area contributed by atoms with Gasteiger partial charge in [0.15, 0.2) is 5.69 Å². The summed E-state index contributed by atoms with van der Waals surface area (Å²) in [5, 5.41) is 9.99. The van der Waals surface area contributed by atoms with Crippen LogP contribution in [0.1, 0.15) is 33.3 Å². The summed E-state index contributed by atoms with van der Waals surface area (Å²) in [5.41, 5.74) is 0.743. The van der Waals surface area contributed by atoms with Crippen molar-refractivity contribution in [3.63, 3.8) is 0 Å². The van der Waals surface area contributed by atoms with Gasteiger partial charge < -0.3 is 0 Å². The van der Waals surface area contributed by atoms with Crippen LogP contribution >= 0.6 is 70.6 Å². The summed E-state index contributed by atoms with van der Waals surface area (Å²) in [6.07, 6.45) is 0. The molecule has 0 aromatic heterocycles. The molecule has 0 saturated heterocycles. The Bertz CT molecular complexity index is 755. The molecule has 0 aliphatic heterocycles. The van der Waals surface area contributed by atoms with E-state index in [1.165, 1.54) is 30.3 Å². The van der Waals surface area contributed by atoms with Crippen LogP contribution in [0.4, 0.5) is 5.69 Å². The molecule has 0 heterocycles. The predicted octanol–water partition coefficient (Wildman–Crippen LogP) is 7.82. The number of hydrogen-bond acceptors (Lipinski definition) is 4. The van der Waals surface area contributed by atoms with Gasteiger partial charge in [-0.05, 0) is 4.90 Å². The van der Waals surface area contributed by atoms with Crippen LogP contribution < -0.4 is 0 Å². The van der Waals surface area contributed by atoms with Gasteiger partial charge >= 0.3 is 85.9 Å². The number of nitrogens with zero attached hydrogens (tertiary/aromatic N) is 1. The molecule has 164 valence electrons. The minimum atomic E-state index is -3.59. The van der Waals surface area contributed by atoms with Crippen LogP contribution in [0.15, 0.2) is 47.4 Å². The van der Waals surface area contributed by atoms with E-state index in [4.69, 9.17) is 10.7 Å². The molecule has 2 aromatic rings. The maximum absolute atomic E-state index is 10.8. The van der Waals surface area contributed by atoms with Gasteiger partial charge in [0, 0.05) is 15.6 Å². The summed E-state index contributed by atoms with van der Waals surface area (Å²) in [7, 11) is 1.52. The Kier molecular flexibility index (Phi) is 31.6. The van der Waals surface area contributed by atoms with Crippen LogP contribution in [0.25, 0.3) is 0 Å². The van der Waals surface area contributed by atoms with Crippen molar-refractivity contribution in [2.24, 2.45) is 0 Å². The number of nitro groups is 1. The first-order chi connectivity index (χ1) is 13.1. The van der Waals surface area contributed by atoms with E-state index in [1.807, 2.05) is 27.7 Å². The summed E-state index contributed by atoms with van der Waals surface area (Å²) >= 11 is 7.39. The fourth-order valence-electron chi connectivity index (χ4n) is 1.26. The average Bonchev–Trinajstić information content (AvgIpc) is 2.65. The van der Waals surface area contributed by atoms with Gasteiger partial charge in [0.25, 0.3) is 0 Å². The third-order valence-corrected chi connectivity index (χ3v) is 3.67. The van der Waals surface area contributed by atoms with Crippen LogP contribution in [-0.2, 0) is 35.0 Å². The largest absolute Gasteiger partial charge is 2.00 e. The Balaban J connectivity index is -0.000000157. The minimum absolute atomic E-state index is 0. The summed E-state index contributed by atoms with van der Waals surface area (Å²) < 4.78 is 21.6. The van der Waals surface area contributed by atoms with Crippen molar-refractivity contribution in [1.82, 2.24) is 0 Å². The zero-order valence-corrected chi connectivity index (χ0v) is 28.8. The van der Waals surface area contributed by atoms with E-state index in [-0.39, 0.29) is 36.6 Å². The molecule has 29 heavy (non-hydrogen) atoms. The third kappa shape index (κ3) is 24.0. The SMILES string of the molecule is CC.CC.Cc1cc[c-]cc1S(=O)(=O)Cl.O=[N+]([O-])c1cc[c-]cc1.[I][V]([I])[I].[W+2]. The predicted molar refractivity (Wildman–Crippen MR) is 140 cm³/mol. The Morgan fingerprint density at radius 2 is 1.38 bits per heavy atom. The van der Waals surface area contributed by atoms with Crippen molar-refractivity contribution < 1.29 is 39.3 Å². The van der Waals surface area contributed by atoms with Gasteiger partial charge in [-0.25, -0.2) is 8.42 Å². The molecule has 0 fully saturated rings. The molecular formula is C17H22ClI3NO4SVW. The van der Waals surface area contributed by atoms with Crippen LogP contribution in [-0.4, -0.2) is 13.3 Å². The molecule has 0 aliphatic rings. The molecule has 0 N–H and O–H groups in total. The number of rotatable bonds is 2. The molecule has 12 heteroatoms. The number of aryl methyl sites for hydroxylation is 1. The molecule has 0 radical (unpaired) electrons. The second-order valence-corrected chi connectivity index (χ2v) is 41.7. The molecule has 0 bridgehead atoms. The van der Waals surface area contributed by atoms with E-state index >= 15 is 0 Å². The van der Waals surface area contributed by atoms with E-state index in [1.54, 1.807) is 19.1 Å². The van der Waals surface area contributed by atoms with Gasteiger partial charge in [-0.1, -0.05) is 46.8 Å². The molecule has 0 saturated carbocycles. The molecule has 2 aromatic carbocycles. The standard InChI is InChI=1S/C7H6ClO2S.C6H4NO2.2C2H6.3HI.V.W/c1-6-4-2-3-5-7(6)11(8,9)10;8-7(9)6-4-2-1-3-5-6;2*1-2;;;;;/h2,4-5H,1H3;2-5H;2*1-2H3;3*1H;;/q2*-1;;;;;;+3;+2/p-3. The van der Waals surface area contributed by atoms with Crippen LogP contribution in [0.5, 0.6) is 0 Å². The molecule has 0 amide bonds. The second-order valence-electron chi connectivity index (χ2n) is 3.84. The van der Waals surface area contributed by atoms with Crippen LogP contribution in [0.3, 0.4) is 0 Å². The first kappa shape index (κ1) is 37.8. The molecule has 2 rings (SSSR count). The topological polar surface area (TPSA) is 77.3 Å². The number of nitro benzene ring substituents is 1. The van der Waals surface area contributed by atoms with Crippen molar-refractivity contribution in [3.8, 4) is 0 Å². The van der Waals surface area contributed by atoms with Crippen molar-refractivity contribution in [3.05, 3.63) is 70.3 Å². The Labute approximate surface area is 231 Å². The van der Waals surface area contributed by atoms with Crippen molar-refractivity contribution in [2.75, 3.05) is 0 Å². The van der Waals surface area contributed by atoms with Crippen LogP contribution in [0.2, 0.25) is 0 Å². The summed E-state index contributed by atoms with van der Waals surface area (Å²) in [4.78, 5) is 9.40. The van der Waals surface area contributed by atoms with E-state index < -0.39 is 14.0 Å². The monoisotopic (exact) mass is 987 g/mol. The van der Waals surface area contributed by atoms with Gasteiger partial charge in [-0.2, -0.15) is 42.5 Å². The first-order valence-electron chi connectivity index (χ1n) is 7.85. The number of halogens is 4. The van der Waals surface area contributed by atoms with Gasteiger partial charge in [0.05, 0.1) is 0 Å². The van der Waals surface area contributed by atoms with Gasteiger partial charge in [0.1, 0.15) is 0 Å². The number of non-ortho nitro benzene ring substituents is 1. The molecule has 0 aliphatic carbocycles. The summed E-state index contributed by atoms with van der Waals surface area (Å²) in [6, 6.07) is 15.8. The van der Waals surface area contributed by atoms with Crippen molar-refractivity contribution in [1.29, 1.82) is 0 Å². The van der Waals surface area contributed by atoms with Gasteiger partial charge in [-0.15, -0.1) is 5.56 Å². The second kappa shape index (κ2) is 24.2. The minimum Gasteiger partial charge on any atom is 2.00 e. The van der Waals surface area contributed by atoms with Crippen molar-refractivity contribution in [2.45, 2.75) is 39.5 Å². The zero-order valence-electron chi connectivity index (χ0n) is 16.4. The molecule has 5 nitrogen and oxygen atoms in total. The molecule has 0 spiro atoms. The molecule has 0 atom stereocenters. The van der Waals surface area contributed by atoms with Crippen LogP contribution in [0, 0.1) is 29.2 Å². The van der Waals surface area contributed by atoms with E-state index in [0.29, 0.717) is 5.56 Å². The maximum Gasteiger partial charge on any atom is 2.00 e. The molecule has 0 unspecified atom stereocenters. The van der Waals surface area contributed by atoms with Gasteiger partial charge in [0.2, 0.25) is 9.05 Å². The normalized spacial score (nSPS) is 8.76. The zero-order chi connectivity index (χ0) is 22.8. The molecular weight excluding hydrogens is 965 g/mol. The first-order valence-corrected chi connectivity index (χ1v) is 23.7. The Hall–Kier alpha value is 1.54. The Morgan fingerprint density at radius 3 is 1.62 bits per heavy atom.